The molecule has 0 amide bonds. The first-order chi connectivity index (χ1) is 9.30. The maximum atomic E-state index is 11.8. The van der Waals surface area contributed by atoms with Crippen molar-refractivity contribution < 1.29 is 8.42 Å². The van der Waals surface area contributed by atoms with E-state index in [-0.39, 0.29) is 4.90 Å². The van der Waals surface area contributed by atoms with Crippen molar-refractivity contribution in [1.29, 1.82) is 0 Å². The number of rotatable bonds is 3. The fourth-order valence-corrected chi connectivity index (χ4v) is 3.94. The van der Waals surface area contributed by atoms with Gasteiger partial charge in [0.2, 0.25) is 0 Å². The van der Waals surface area contributed by atoms with E-state index in [4.69, 9.17) is 5.73 Å². The number of nitrogen functional groups attached to an aromatic ring is 1. The van der Waals surface area contributed by atoms with Crippen LogP contribution in [0, 0.1) is 5.92 Å². The van der Waals surface area contributed by atoms with Crippen molar-refractivity contribution in [3.8, 4) is 0 Å². The van der Waals surface area contributed by atoms with Crippen LogP contribution in [0.1, 0.15) is 32.6 Å². The summed E-state index contributed by atoms with van der Waals surface area (Å²) in [7, 11) is -1.27. The number of para-hydroxylation sites is 1. The van der Waals surface area contributed by atoms with Gasteiger partial charge in [-0.1, -0.05) is 25.8 Å². The minimum Gasteiger partial charge on any atom is -0.396 e. The Morgan fingerprint density at radius 3 is 2.60 bits per heavy atom. The first-order valence-corrected chi connectivity index (χ1v) is 9.01. The summed E-state index contributed by atoms with van der Waals surface area (Å²) in [5.74, 6) is 0.718. The van der Waals surface area contributed by atoms with Gasteiger partial charge in [0.1, 0.15) is 0 Å². The Labute approximate surface area is 121 Å². The van der Waals surface area contributed by atoms with Gasteiger partial charge in [-0.2, -0.15) is 0 Å². The lowest BCUT2D eigenvalue weighted by Crippen LogP contribution is -2.36. The van der Waals surface area contributed by atoms with E-state index in [2.05, 4.69) is 11.8 Å². The van der Waals surface area contributed by atoms with E-state index < -0.39 is 9.84 Å². The third-order valence-electron chi connectivity index (χ3n) is 4.28. The van der Waals surface area contributed by atoms with Gasteiger partial charge in [-0.15, -0.1) is 0 Å². The monoisotopic (exact) mass is 296 g/mol. The molecular formula is C15H24N2O2S. The second kappa shape index (κ2) is 5.64. The Hall–Kier alpha value is -1.23. The van der Waals surface area contributed by atoms with Crippen LogP contribution >= 0.6 is 0 Å². The van der Waals surface area contributed by atoms with Crippen molar-refractivity contribution in [3.63, 3.8) is 0 Å². The molecule has 1 aliphatic carbocycles. The molecule has 0 radical (unpaired) electrons. The molecule has 112 valence electrons. The minimum atomic E-state index is -3.28. The molecule has 0 spiro atoms. The van der Waals surface area contributed by atoms with E-state index in [1.165, 1.54) is 19.1 Å². The van der Waals surface area contributed by atoms with Gasteiger partial charge >= 0.3 is 0 Å². The molecular weight excluding hydrogens is 272 g/mol. The van der Waals surface area contributed by atoms with Gasteiger partial charge in [0.05, 0.1) is 16.3 Å². The fraction of sp³-hybridized carbons (Fsp3) is 0.600. The van der Waals surface area contributed by atoms with Crippen LogP contribution in [-0.2, 0) is 9.84 Å². The number of hydrogen-bond acceptors (Lipinski definition) is 4. The summed E-state index contributed by atoms with van der Waals surface area (Å²) in [6, 6.07) is 5.69. The summed E-state index contributed by atoms with van der Waals surface area (Å²) in [6.45, 7) is 2.27. The molecule has 1 aromatic rings. The SMILES string of the molecule is CC1CCCC(N(C)c2cccc(S(C)(=O)=O)c2N)C1. The summed E-state index contributed by atoms with van der Waals surface area (Å²) in [5, 5.41) is 0. The number of nitrogens with two attached hydrogens (primary N) is 1. The lowest BCUT2D eigenvalue weighted by atomic mass is 9.86. The molecule has 2 atom stereocenters. The van der Waals surface area contributed by atoms with Gasteiger partial charge in [-0.3, -0.25) is 0 Å². The normalized spacial score (nSPS) is 23.6. The Morgan fingerprint density at radius 1 is 1.30 bits per heavy atom. The van der Waals surface area contributed by atoms with Crippen molar-refractivity contribution in [2.75, 3.05) is 23.9 Å². The summed E-state index contributed by atoms with van der Waals surface area (Å²) in [5.41, 5.74) is 7.29. The first-order valence-electron chi connectivity index (χ1n) is 7.12. The zero-order chi connectivity index (χ0) is 14.9. The van der Waals surface area contributed by atoms with Crippen LogP contribution in [0.5, 0.6) is 0 Å². The molecule has 0 saturated heterocycles. The van der Waals surface area contributed by atoms with Crippen LogP contribution < -0.4 is 10.6 Å². The van der Waals surface area contributed by atoms with Gasteiger partial charge in [0, 0.05) is 19.3 Å². The van der Waals surface area contributed by atoms with E-state index in [1.54, 1.807) is 12.1 Å². The molecule has 5 heteroatoms. The number of benzene rings is 1. The Kier molecular flexibility index (Phi) is 4.28. The van der Waals surface area contributed by atoms with Gasteiger partial charge in [-0.25, -0.2) is 8.42 Å². The zero-order valence-electron chi connectivity index (χ0n) is 12.5. The van der Waals surface area contributed by atoms with Crippen molar-refractivity contribution in [2.24, 2.45) is 5.92 Å². The highest BCUT2D eigenvalue weighted by molar-refractivity contribution is 7.90. The molecule has 2 rings (SSSR count). The van der Waals surface area contributed by atoms with Gasteiger partial charge in [-0.05, 0) is 30.9 Å². The first kappa shape index (κ1) is 15.2. The second-order valence-corrected chi connectivity index (χ2v) is 7.98. The quantitative estimate of drug-likeness (QED) is 0.871. The fourth-order valence-electron chi connectivity index (χ4n) is 3.11. The molecule has 1 aliphatic rings. The molecule has 2 N–H and O–H groups in total. The number of hydrogen-bond donors (Lipinski definition) is 1. The van der Waals surface area contributed by atoms with E-state index in [0.717, 1.165) is 24.4 Å². The number of sulfone groups is 1. The topological polar surface area (TPSA) is 63.4 Å². The van der Waals surface area contributed by atoms with Crippen molar-refractivity contribution in [3.05, 3.63) is 18.2 Å². The molecule has 20 heavy (non-hydrogen) atoms. The van der Waals surface area contributed by atoms with E-state index >= 15 is 0 Å². The van der Waals surface area contributed by atoms with Gasteiger partial charge in [0.25, 0.3) is 0 Å². The van der Waals surface area contributed by atoms with Gasteiger partial charge < -0.3 is 10.6 Å². The third kappa shape index (κ3) is 3.08. The molecule has 4 nitrogen and oxygen atoms in total. The smallest absolute Gasteiger partial charge is 0.177 e. The predicted molar refractivity (Wildman–Crippen MR) is 83.8 cm³/mol. The number of anilines is 2. The largest absolute Gasteiger partial charge is 0.396 e. The molecule has 1 aromatic carbocycles. The van der Waals surface area contributed by atoms with E-state index in [9.17, 15) is 8.42 Å². The van der Waals surface area contributed by atoms with Crippen molar-refractivity contribution in [2.45, 2.75) is 43.5 Å². The number of nitrogens with zero attached hydrogens (tertiary/aromatic N) is 1. The molecule has 0 bridgehead atoms. The molecule has 2 unspecified atom stereocenters. The summed E-state index contributed by atoms with van der Waals surface area (Å²) in [6.07, 6.45) is 5.98. The molecule has 0 aromatic heterocycles. The van der Waals surface area contributed by atoms with Crippen LogP contribution in [0.3, 0.4) is 0 Å². The molecule has 0 heterocycles. The maximum Gasteiger partial charge on any atom is 0.177 e. The highest BCUT2D eigenvalue weighted by Gasteiger charge is 2.25. The Bertz CT molecular complexity index is 584. The maximum absolute atomic E-state index is 11.8. The average molecular weight is 296 g/mol. The van der Waals surface area contributed by atoms with Crippen molar-refractivity contribution in [1.82, 2.24) is 0 Å². The van der Waals surface area contributed by atoms with E-state index in [1.807, 2.05) is 13.1 Å². The van der Waals surface area contributed by atoms with E-state index in [0.29, 0.717) is 11.7 Å². The summed E-state index contributed by atoms with van der Waals surface area (Å²) in [4.78, 5) is 2.38. The van der Waals surface area contributed by atoms with Crippen LogP contribution in [0.2, 0.25) is 0 Å². The van der Waals surface area contributed by atoms with Crippen LogP contribution in [0.4, 0.5) is 11.4 Å². The Morgan fingerprint density at radius 2 is 2.00 bits per heavy atom. The second-order valence-electron chi connectivity index (χ2n) is 6.00. The van der Waals surface area contributed by atoms with Gasteiger partial charge in [0.15, 0.2) is 9.84 Å². The van der Waals surface area contributed by atoms with Crippen molar-refractivity contribution >= 4 is 21.2 Å². The lowest BCUT2D eigenvalue weighted by molar-refractivity contribution is 0.336. The predicted octanol–water partition coefficient (Wildman–Crippen LogP) is 2.69. The highest BCUT2D eigenvalue weighted by atomic mass is 32.2. The highest BCUT2D eigenvalue weighted by Crippen LogP contribution is 2.34. The lowest BCUT2D eigenvalue weighted by Gasteiger charge is -2.36. The summed E-state index contributed by atoms with van der Waals surface area (Å²) < 4.78 is 23.5. The minimum absolute atomic E-state index is 0.228. The summed E-state index contributed by atoms with van der Waals surface area (Å²) >= 11 is 0. The van der Waals surface area contributed by atoms with Crippen LogP contribution in [0.15, 0.2) is 23.1 Å². The van der Waals surface area contributed by atoms with Crippen LogP contribution in [0.25, 0.3) is 0 Å². The van der Waals surface area contributed by atoms with Crippen LogP contribution in [-0.4, -0.2) is 27.8 Å². The standard InChI is InChI=1S/C15H24N2O2S/c1-11-6-4-7-12(10-11)17(2)13-8-5-9-14(15(13)16)20(3,18)19/h5,8-9,11-12H,4,6-7,10,16H2,1-3H3. The Balaban J connectivity index is 2.33. The molecule has 0 aliphatic heterocycles. The zero-order valence-corrected chi connectivity index (χ0v) is 13.3. The third-order valence-corrected chi connectivity index (χ3v) is 5.43. The average Bonchev–Trinajstić information content (AvgIpc) is 2.37. The molecule has 1 fully saturated rings. The molecule has 1 saturated carbocycles.